The van der Waals surface area contributed by atoms with Crippen molar-refractivity contribution in [2.24, 2.45) is 11.8 Å². The zero-order valence-electron chi connectivity index (χ0n) is 13.5. The van der Waals surface area contributed by atoms with Crippen molar-refractivity contribution in [3.05, 3.63) is 20.8 Å². The summed E-state index contributed by atoms with van der Waals surface area (Å²) in [7, 11) is 0. The molecule has 1 aliphatic rings. The van der Waals surface area contributed by atoms with Gasteiger partial charge in [0, 0.05) is 15.4 Å². The van der Waals surface area contributed by atoms with Gasteiger partial charge in [-0.1, -0.05) is 46.0 Å². The molecule has 1 aliphatic carbocycles. The molecule has 2 rings (SSSR count). The maximum atomic E-state index is 3.82. The quantitative estimate of drug-likeness (QED) is 0.546. The molecule has 0 radical (unpaired) electrons. The number of halogens is 1. The number of nitrogens with one attached hydrogen (secondary N) is 1. The second kappa shape index (κ2) is 9.32. The van der Waals surface area contributed by atoms with E-state index >= 15 is 0 Å². The van der Waals surface area contributed by atoms with Crippen molar-refractivity contribution >= 4 is 27.3 Å². The molecule has 0 amide bonds. The first kappa shape index (κ1) is 17.5. The van der Waals surface area contributed by atoms with E-state index in [9.17, 15) is 0 Å². The van der Waals surface area contributed by atoms with Gasteiger partial charge in [-0.25, -0.2) is 0 Å². The molecule has 1 unspecified atom stereocenters. The first-order chi connectivity index (χ1) is 10.3. The van der Waals surface area contributed by atoms with Gasteiger partial charge in [-0.2, -0.15) is 0 Å². The summed E-state index contributed by atoms with van der Waals surface area (Å²) in [4.78, 5) is 1.51. The summed E-state index contributed by atoms with van der Waals surface area (Å²) in [6.45, 7) is 5.70. The highest BCUT2D eigenvalue weighted by Gasteiger charge is 2.29. The van der Waals surface area contributed by atoms with Crippen molar-refractivity contribution in [1.82, 2.24) is 5.32 Å². The number of unbranched alkanes of at least 4 members (excludes halogenated alkanes) is 1. The molecular weight excluding hydrogens is 342 g/mol. The molecule has 1 saturated carbocycles. The first-order valence-corrected chi connectivity index (χ1v) is 10.4. The molecule has 1 nitrogen and oxygen atoms in total. The van der Waals surface area contributed by atoms with Crippen LogP contribution in [0.25, 0.3) is 0 Å². The summed E-state index contributed by atoms with van der Waals surface area (Å²) in [5, 5.41) is 6.04. The number of hydrogen-bond acceptors (Lipinski definition) is 2. The Bertz CT molecular complexity index is 396. The van der Waals surface area contributed by atoms with Crippen molar-refractivity contribution < 1.29 is 0 Å². The second-order valence-electron chi connectivity index (χ2n) is 6.49. The third-order valence-electron chi connectivity index (χ3n) is 4.87. The summed E-state index contributed by atoms with van der Waals surface area (Å²) in [5.74, 6) is 1.82. The van der Waals surface area contributed by atoms with Crippen molar-refractivity contribution in [3.63, 3.8) is 0 Å². The summed E-state index contributed by atoms with van der Waals surface area (Å²) in [6.07, 6.45) is 11.1. The Hall–Kier alpha value is 0.140. The van der Waals surface area contributed by atoms with Crippen molar-refractivity contribution in [2.75, 3.05) is 6.54 Å². The Morgan fingerprint density at radius 1 is 1.24 bits per heavy atom. The Labute approximate surface area is 143 Å². The van der Waals surface area contributed by atoms with Gasteiger partial charge in [-0.3, -0.25) is 0 Å². The van der Waals surface area contributed by atoms with Crippen molar-refractivity contribution in [3.8, 4) is 0 Å². The molecule has 0 aliphatic heterocycles. The van der Waals surface area contributed by atoms with Gasteiger partial charge in [0.15, 0.2) is 0 Å². The summed E-state index contributed by atoms with van der Waals surface area (Å²) in [5.41, 5.74) is 0. The van der Waals surface area contributed by atoms with Gasteiger partial charge in [0.1, 0.15) is 0 Å². The molecule has 3 heteroatoms. The third kappa shape index (κ3) is 5.07. The molecule has 1 heterocycles. The van der Waals surface area contributed by atoms with E-state index in [0.717, 1.165) is 18.4 Å². The molecule has 0 aromatic carbocycles. The largest absolute Gasteiger partial charge is 0.309 e. The predicted octanol–water partition coefficient (Wildman–Crippen LogP) is 6.55. The second-order valence-corrected chi connectivity index (χ2v) is 8.29. The molecule has 1 aromatic rings. The van der Waals surface area contributed by atoms with Gasteiger partial charge >= 0.3 is 0 Å². The molecule has 1 fully saturated rings. The van der Waals surface area contributed by atoms with E-state index in [0.29, 0.717) is 6.04 Å². The van der Waals surface area contributed by atoms with Gasteiger partial charge in [0.25, 0.3) is 0 Å². The van der Waals surface area contributed by atoms with Crippen LogP contribution in [0.5, 0.6) is 0 Å². The minimum Gasteiger partial charge on any atom is -0.309 e. The van der Waals surface area contributed by atoms with E-state index in [4.69, 9.17) is 0 Å². The van der Waals surface area contributed by atoms with Crippen LogP contribution in [0.2, 0.25) is 0 Å². The van der Waals surface area contributed by atoms with Crippen LogP contribution >= 0.6 is 27.3 Å². The first-order valence-electron chi connectivity index (χ1n) is 8.72. The minimum atomic E-state index is 0.562. The van der Waals surface area contributed by atoms with Crippen LogP contribution in [0, 0.1) is 11.8 Å². The third-order valence-corrected chi connectivity index (χ3v) is 6.82. The monoisotopic (exact) mass is 371 g/mol. The lowest BCUT2D eigenvalue weighted by Crippen LogP contribution is -2.31. The number of thiophene rings is 1. The van der Waals surface area contributed by atoms with Gasteiger partial charge in [0.05, 0.1) is 0 Å². The maximum Gasteiger partial charge on any atom is 0.0454 e. The number of hydrogen-bond donors (Lipinski definition) is 1. The highest BCUT2D eigenvalue weighted by molar-refractivity contribution is 9.10. The Balaban J connectivity index is 1.94. The van der Waals surface area contributed by atoms with Crippen LogP contribution in [-0.2, 0) is 0 Å². The molecule has 0 spiro atoms. The van der Waals surface area contributed by atoms with Crippen LogP contribution in [0.3, 0.4) is 0 Å². The lowest BCUT2D eigenvalue weighted by atomic mass is 9.76. The predicted molar refractivity (Wildman–Crippen MR) is 98.0 cm³/mol. The highest BCUT2D eigenvalue weighted by Crippen LogP contribution is 2.42. The molecule has 1 aromatic heterocycles. The van der Waals surface area contributed by atoms with Crippen LogP contribution in [0.15, 0.2) is 15.9 Å². The summed E-state index contributed by atoms with van der Waals surface area (Å²) < 4.78 is 1.30. The average molecular weight is 372 g/mol. The Morgan fingerprint density at radius 2 is 2.00 bits per heavy atom. The highest BCUT2D eigenvalue weighted by atomic mass is 79.9. The Kier molecular flexibility index (Phi) is 7.76. The van der Waals surface area contributed by atoms with Crippen molar-refractivity contribution in [2.45, 2.75) is 71.3 Å². The van der Waals surface area contributed by atoms with Crippen molar-refractivity contribution in [1.29, 1.82) is 0 Å². The fourth-order valence-corrected chi connectivity index (χ4v) is 5.39. The topological polar surface area (TPSA) is 12.0 Å². The molecule has 120 valence electrons. The van der Waals surface area contributed by atoms with E-state index in [1.54, 1.807) is 0 Å². The van der Waals surface area contributed by atoms with Crippen LogP contribution in [0.1, 0.15) is 76.1 Å². The summed E-state index contributed by atoms with van der Waals surface area (Å²) >= 11 is 5.65. The fourth-order valence-electron chi connectivity index (χ4n) is 3.60. The molecular formula is C18H30BrNS. The number of rotatable bonds is 8. The molecule has 1 atom stereocenters. The lowest BCUT2D eigenvalue weighted by Gasteiger charge is -2.34. The van der Waals surface area contributed by atoms with Crippen LogP contribution in [-0.4, -0.2) is 6.54 Å². The SMILES string of the molecule is CCCCC1CCC(C(NCCC)c2sccc2Br)CC1. The zero-order chi connectivity index (χ0) is 15.1. The summed E-state index contributed by atoms with van der Waals surface area (Å²) in [6, 6.07) is 2.76. The van der Waals surface area contributed by atoms with Gasteiger partial charge in [0.2, 0.25) is 0 Å². The van der Waals surface area contributed by atoms with Gasteiger partial charge < -0.3 is 5.32 Å². The van der Waals surface area contributed by atoms with Crippen LogP contribution < -0.4 is 5.32 Å². The maximum absolute atomic E-state index is 3.82. The molecule has 0 bridgehead atoms. The average Bonchev–Trinajstić information content (AvgIpc) is 2.93. The van der Waals surface area contributed by atoms with E-state index < -0.39 is 0 Å². The molecule has 21 heavy (non-hydrogen) atoms. The molecule has 0 saturated heterocycles. The minimum absolute atomic E-state index is 0.562. The standard InChI is InChI=1S/C18H30BrNS/c1-3-5-6-14-7-9-15(10-8-14)17(20-12-4-2)18-16(19)11-13-21-18/h11,13-15,17,20H,3-10,12H2,1-2H3. The van der Waals surface area contributed by atoms with E-state index in [-0.39, 0.29) is 0 Å². The van der Waals surface area contributed by atoms with Gasteiger partial charge in [-0.15, -0.1) is 11.3 Å². The van der Waals surface area contributed by atoms with E-state index in [1.165, 1.54) is 60.7 Å². The van der Waals surface area contributed by atoms with Crippen LogP contribution in [0.4, 0.5) is 0 Å². The normalized spacial score (nSPS) is 24.1. The smallest absolute Gasteiger partial charge is 0.0454 e. The fraction of sp³-hybridized carbons (Fsp3) is 0.778. The molecule has 1 N–H and O–H groups in total. The zero-order valence-corrected chi connectivity index (χ0v) is 15.9. The van der Waals surface area contributed by atoms with Gasteiger partial charge in [-0.05, 0) is 65.0 Å². The Morgan fingerprint density at radius 3 is 2.57 bits per heavy atom. The lowest BCUT2D eigenvalue weighted by molar-refractivity contribution is 0.214. The van der Waals surface area contributed by atoms with E-state index in [1.807, 2.05) is 11.3 Å². The van der Waals surface area contributed by atoms with E-state index in [2.05, 4.69) is 46.5 Å².